The Kier molecular flexibility index (Phi) is 4.77. The first kappa shape index (κ1) is 16.8. The molecular formula is C24H35N2+. The fourth-order valence-electron chi connectivity index (χ4n) is 5.97. The van der Waals surface area contributed by atoms with Crippen LogP contribution in [-0.4, -0.2) is 41.4 Å². The van der Waals surface area contributed by atoms with Crippen molar-refractivity contribution in [2.24, 2.45) is 11.8 Å². The molecule has 0 aromatic carbocycles. The molecule has 0 N–H and O–H groups in total. The summed E-state index contributed by atoms with van der Waals surface area (Å²) in [5.74, 6) is 1.67. The van der Waals surface area contributed by atoms with Gasteiger partial charge in [0.1, 0.15) is 13.1 Å². The normalized spacial score (nSPS) is 32.3. The number of rotatable bonds is 1. The van der Waals surface area contributed by atoms with Gasteiger partial charge < -0.3 is 4.90 Å². The first-order valence-electron chi connectivity index (χ1n) is 11.4. The Morgan fingerprint density at radius 2 is 1.42 bits per heavy atom. The largest absolute Gasteiger partial charge is 0.375 e. The van der Waals surface area contributed by atoms with E-state index in [1.54, 1.807) is 22.6 Å². The highest BCUT2D eigenvalue weighted by molar-refractivity contribution is 5.93. The number of piperidine rings is 2. The molecule has 2 heterocycles. The second kappa shape index (κ2) is 7.37. The van der Waals surface area contributed by atoms with Crippen molar-refractivity contribution >= 4 is 5.71 Å². The van der Waals surface area contributed by atoms with Gasteiger partial charge in [0.25, 0.3) is 0 Å². The molecular weight excluding hydrogens is 316 g/mol. The molecule has 3 aliphatic carbocycles. The molecule has 0 amide bonds. The van der Waals surface area contributed by atoms with E-state index < -0.39 is 0 Å². The molecule has 0 radical (unpaired) electrons. The van der Waals surface area contributed by atoms with Crippen molar-refractivity contribution in [3.05, 3.63) is 35.1 Å². The van der Waals surface area contributed by atoms with Crippen LogP contribution >= 0.6 is 0 Å². The Balaban J connectivity index is 1.42. The lowest BCUT2D eigenvalue weighted by Gasteiger charge is -2.39. The van der Waals surface area contributed by atoms with E-state index in [4.69, 9.17) is 0 Å². The quantitative estimate of drug-likeness (QED) is 0.598. The second-order valence-corrected chi connectivity index (χ2v) is 9.22. The highest BCUT2D eigenvalue weighted by Gasteiger charge is 2.33. The molecule has 2 nitrogen and oxygen atoms in total. The SMILES string of the molecule is C1=C2C=C(N3CCCCC3)CCC2CC2CCC(=[N+]3CCCCC3)C=C12. The Morgan fingerprint density at radius 3 is 2.23 bits per heavy atom. The van der Waals surface area contributed by atoms with E-state index in [1.807, 2.05) is 0 Å². The maximum atomic E-state index is 2.69. The fraction of sp³-hybridized carbons (Fsp3) is 0.708. The van der Waals surface area contributed by atoms with Crippen LogP contribution in [0.1, 0.15) is 70.6 Å². The Hall–Kier alpha value is -1.31. The lowest BCUT2D eigenvalue weighted by molar-refractivity contribution is -0.537. The number of allylic oxidation sites excluding steroid dienone is 6. The van der Waals surface area contributed by atoms with Crippen LogP contribution in [0.15, 0.2) is 35.1 Å². The highest BCUT2D eigenvalue weighted by Crippen LogP contribution is 2.43. The van der Waals surface area contributed by atoms with Crippen molar-refractivity contribution in [3.63, 3.8) is 0 Å². The number of hydrogen-bond acceptors (Lipinski definition) is 1. The first-order chi connectivity index (χ1) is 12.9. The average Bonchev–Trinajstić information content (AvgIpc) is 2.73. The van der Waals surface area contributed by atoms with Crippen LogP contribution in [0.25, 0.3) is 0 Å². The molecule has 0 aromatic heterocycles. The lowest BCUT2D eigenvalue weighted by atomic mass is 9.70. The number of likely N-dealkylation sites (tertiary alicyclic amines) is 1. The monoisotopic (exact) mass is 351 g/mol. The zero-order chi connectivity index (χ0) is 17.3. The van der Waals surface area contributed by atoms with Gasteiger partial charge in [-0.25, -0.2) is 4.58 Å². The van der Waals surface area contributed by atoms with Crippen LogP contribution < -0.4 is 0 Å². The summed E-state index contributed by atoms with van der Waals surface area (Å²) in [7, 11) is 0. The summed E-state index contributed by atoms with van der Waals surface area (Å²) in [6.07, 6.45) is 23.0. The summed E-state index contributed by atoms with van der Waals surface area (Å²) < 4.78 is 2.69. The van der Waals surface area contributed by atoms with Crippen molar-refractivity contribution in [1.29, 1.82) is 0 Å². The van der Waals surface area contributed by atoms with Gasteiger partial charge >= 0.3 is 0 Å². The van der Waals surface area contributed by atoms with Crippen molar-refractivity contribution in [3.8, 4) is 0 Å². The van der Waals surface area contributed by atoms with Crippen LogP contribution in [0.4, 0.5) is 0 Å². The fourth-order valence-corrected chi connectivity index (χ4v) is 5.97. The Labute approximate surface area is 159 Å². The van der Waals surface area contributed by atoms with E-state index in [0.717, 1.165) is 11.8 Å². The number of fused-ring (bicyclic) bond motifs is 2. The predicted octanol–water partition coefficient (Wildman–Crippen LogP) is 5.07. The maximum Gasteiger partial charge on any atom is 0.176 e. The van der Waals surface area contributed by atoms with Crippen molar-refractivity contribution in [2.75, 3.05) is 26.2 Å². The highest BCUT2D eigenvalue weighted by atomic mass is 15.1. The van der Waals surface area contributed by atoms with E-state index >= 15 is 0 Å². The third-order valence-electron chi connectivity index (χ3n) is 7.53. The summed E-state index contributed by atoms with van der Waals surface area (Å²) in [5.41, 5.74) is 6.59. The topological polar surface area (TPSA) is 6.25 Å². The second-order valence-electron chi connectivity index (χ2n) is 9.22. The summed E-state index contributed by atoms with van der Waals surface area (Å²) in [4.78, 5) is 2.69. The van der Waals surface area contributed by atoms with Crippen LogP contribution in [0, 0.1) is 11.8 Å². The number of nitrogens with zero attached hydrogens (tertiary/aromatic N) is 2. The van der Waals surface area contributed by atoms with Gasteiger partial charge in [0, 0.05) is 44.1 Å². The minimum absolute atomic E-state index is 0.835. The van der Waals surface area contributed by atoms with E-state index in [9.17, 15) is 0 Å². The van der Waals surface area contributed by atoms with Gasteiger partial charge in [0.2, 0.25) is 0 Å². The van der Waals surface area contributed by atoms with E-state index in [0.29, 0.717) is 0 Å². The summed E-state index contributed by atoms with van der Waals surface area (Å²) in [5, 5.41) is 0. The predicted molar refractivity (Wildman–Crippen MR) is 109 cm³/mol. The smallest absolute Gasteiger partial charge is 0.176 e. The van der Waals surface area contributed by atoms with Crippen LogP contribution in [-0.2, 0) is 0 Å². The first-order valence-corrected chi connectivity index (χ1v) is 11.4. The van der Waals surface area contributed by atoms with Gasteiger partial charge in [-0.1, -0.05) is 6.08 Å². The standard InChI is InChI=1S/C24H35N2/c1-3-11-25(12-4-1)23-9-7-19-15-20-8-10-24(26-13-5-2-6-14-26)18-22(20)16-21(19)17-23/h16-20H,1-15H2/q+1. The maximum absolute atomic E-state index is 2.69. The molecule has 0 bridgehead atoms. The summed E-state index contributed by atoms with van der Waals surface area (Å²) >= 11 is 0. The zero-order valence-electron chi connectivity index (χ0n) is 16.4. The van der Waals surface area contributed by atoms with E-state index in [1.165, 1.54) is 96.8 Å². The molecule has 2 aliphatic heterocycles. The molecule has 2 saturated heterocycles. The summed E-state index contributed by atoms with van der Waals surface area (Å²) in [6, 6.07) is 0. The van der Waals surface area contributed by atoms with Crippen molar-refractivity contribution < 1.29 is 4.58 Å². The minimum atomic E-state index is 0.835. The molecule has 2 heteroatoms. The van der Waals surface area contributed by atoms with E-state index in [2.05, 4.69) is 27.7 Å². The van der Waals surface area contributed by atoms with Crippen molar-refractivity contribution in [2.45, 2.75) is 70.6 Å². The lowest BCUT2D eigenvalue weighted by Crippen LogP contribution is -2.33. The third-order valence-corrected chi connectivity index (χ3v) is 7.53. The molecule has 5 aliphatic rings. The van der Waals surface area contributed by atoms with Gasteiger partial charge in [-0.05, 0) is 80.4 Å². The third kappa shape index (κ3) is 3.32. The molecule has 0 aromatic rings. The Bertz CT molecular complexity index is 664. The molecule has 2 unspecified atom stereocenters. The van der Waals surface area contributed by atoms with Crippen molar-refractivity contribution in [1.82, 2.24) is 4.90 Å². The van der Waals surface area contributed by atoms with Crippen LogP contribution in [0.5, 0.6) is 0 Å². The molecule has 5 rings (SSSR count). The molecule has 2 fully saturated rings. The zero-order valence-corrected chi connectivity index (χ0v) is 16.4. The van der Waals surface area contributed by atoms with Gasteiger partial charge in [0.15, 0.2) is 5.71 Å². The Morgan fingerprint density at radius 1 is 0.731 bits per heavy atom. The molecule has 140 valence electrons. The van der Waals surface area contributed by atoms with Gasteiger partial charge in [-0.15, -0.1) is 0 Å². The van der Waals surface area contributed by atoms with Gasteiger partial charge in [-0.2, -0.15) is 0 Å². The minimum Gasteiger partial charge on any atom is -0.375 e. The number of hydrogen-bond donors (Lipinski definition) is 0. The molecule has 0 saturated carbocycles. The van der Waals surface area contributed by atoms with Crippen LogP contribution in [0.3, 0.4) is 0 Å². The summed E-state index contributed by atoms with van der Waals surface area (Å²) in [6.45, 7) is 5.17. The molecule has 0 spiro atoms. The molecule has 2 atom stereocenters. The van der Waals surface area contributed by atoms with Gasteiger partial charge in [0.05, 0.1) is 0 Å². The average molecular weight is 352 g/mol. The van der Waals surface area contributed by atoms with E-state index in [-0.39, 0.29) is 0 Å². The van der Waals surface area contributed by atoms with Crippen LogP contribution in [0.2, 0.25) is 0 Å². The molecule has 26 heavy (non-hydrogen) atoms. The van der Waals surface area contributed by atoms with Gasteiger partial charge in [-0.3, -0.25) is 0 Å².